The van der Waals surface area contributed by atoms with Gasteiger partial charge in [-0.3, -0.25) is 5.10 Å². The third kappa shape index (κ3) is 1.51. The predicted octanol–water partition coefficient (Wildman–Crippen LogP) is 2.66. The maximum Gasteiger partial charge on any atom is 0.126 e. The van der Waals surface area contributed by atoms with Crippen molar-refractivity contribution in [1.29, 1.82) is 0 Å². The van der Waals surface area contributed by atoms with E-state index in [0.29, 0.717) is 11.1 Å². The van der Waals surface area contributed by atoms with Crippen molar-refractivity contribution in [1.82, 2.24) is 10.2 Å². The number of rotatable bonds is 1. The summed E-state index contributed by atoms with van der Waals surface area (Å²) >= 11 is 0. The van der Waals surface area contributed by atoms with Crippen molar-refractivity contribution >= 4 is 0 Å². The van der Waals surface area contributed by atoms with Crippen LogP contribution < -0.4 is 0 Å². The smallest absolute Gasteiger partial charge is 0.126 e. The molecule has 0 bridgehead atoms. The summed E-state index contributed by atoms with van der Waals surface area (Å²) in [5, 5.41) is 6.50. The quantitative estimate of drug-likeness (QED) is 0.742. The molecule has 4 heteroatoms. The summed E-state index contributed by atoms with van der Waals surface area (Å²) in [6, 6.07) is 3.40. The molecular formula is C10H8F2N2. The third-order valence-corrected chi connectivity index (χ3v) is 2.00. The zero-order valence-corrected chi connectivity index (χ0v) is 7.51. The molecule has 72 valence electrons. The van der Waals surface area contributed by atoms with Gasteiger partial charge in [0.1, 0.15) is 11.6 Å². The lowest BCUT2D eigenvalue weighted by molar-refractivity contribution is 0.584. The van der Waals surface area contributed by atoms with Crippen molar-refractivity contribution < 1.29 is 8.78 Å². The number of nitrogens with zero attached hydrogens (tertiary/aromatic N) is 1. The Morgan fingerprint density at radius 1 is 1.14 bits per heavy atom. The molecule has 2 aromatic rings. The number of halogens is 2. The molecule has 1 heterocycles. The van der Waals surface area contributed by atoms with E-state index in [-0.39, 0.29) is 0 Å². The Labute approximate surface area is 79.6 Å². The van der Waals surface area contributed by atoms with Crippen LogP contribution in [0, 0.1) is 18.6 Å². The average Bonchev–Trinajstić information content (AvgIpc) is 2.49. The molecule has 0 saturated heterocycles. The molecule has 1 aromatic heterocycles. The van der Waals surface area contributed by atoms with Crippen molar-refractivity contribution in [2.45, 2.75) is 6.92 Å². The zero-order chi connectivity index (χ0) is 10.1. The Morgan fingerprint density at radius 3 is 2.29 bits per heavy atom. The zero-order valence-electron chi connectivity index (χ0n) is 7.51. The van der Waals surface area contributed by atoms with Crippen LogP contribution >= 0.6 is 0 Å². The van der Waals surface area contributed by atoms with E-state index >= 15 is 0 Å². The molecule has 14 heavy (non-hydrogen) atoms. The first-order valence-electron chi connectivity index (χ1n) is 4.13. The maximum atomic E-state index is 12.9. The second-order valence-electron chi connectivity index (χ2n) is 3.07. The first kappa shape index (κ1) is 8.87. The molecule has 0 aliphatic carbocycles. The lowest BCUT2D eigenvalue weighted by Crippen LogP contribution is -1.84. The highest BCUT2D eigenvalue weighted by atomic mass is 19.1. The van der Waals surface area contributed by atoms with Crippen LogP contribution in [0.25, 0.3) is 11.1 Å². The van der Waals surface area contributed by atoms with E-state index in [0.717, 1.165) is 11.8 Å². The number of benzene rings is 1. The first-order valence-corrected chi connectivity index (χ1v) is 4.13. The number of aromatic nitrogens is 2. The van der Waals surface area contributed by atoms with Crippen LogP contribution in [0.5, 0.6) is 0 Å². The van der Waals surface area contributed by atoms with Gasteiger partial charge in [0.05, 0.1) is 6.20 Å². The summed E-state index contributed by atoms with van der Waals surface area (Å²) in [6.45, 7) is 1.80. The van der Waals surface area contributed by atoms with Crippen LogP contribution in [0.15, 0.2) is 24.4 Å². The van der Waals surface area contributed by atoms with Crippen molar-refractivity contribution in [2.75, 3.05) is 0 Å². The minimum atomic E-state index is -0.583. The normalized spacial score (nSPS) is 10.5. The van der Waals surface area contributed by atoms with Crippen LogP contribution in [0.3, 0.4) is 0 Å². The van der Waals surface area contributed by atoms with Gasteiger partial charge in [0.25, 0.3) is 0 Å². The molecule has 0 aliphatic rings. The molecule has 0 saturated carbocycles. The van der Waals surface area contributed by atoms with E-state index in [2.05, 4.69) is 10.2 Å². The van der Waals surface area contributed by atoms with Gasteiger partial charge >= 0.3 is 0 Å². The van der Waals surface area contributed by atoms with Crippen LogP contribution in [-0.4, -0.2) is 10.2 Å². The minimum absolute atomic E-state index is 0.494. The van der Waals surface area contributed by atoms with Crippen molar-refractivity contribution in [2.24, 2.45) is 0 Å². The van der Waals surface area contributed by atoms with Crippen LogP contribution in [0.1, 0.15) is 5.69 Å². The van der Waals surface area contributed by atoms with Gasteiger partial charge in [-0.15, -0.1) is 0 Å². The van der Waals surface area contributed by atoms with Crippen molar-refractivity contribution in [3.8, 4) is 11.1 Å². The average molecular weight is 194 g/mol. The monoisotopic (exact) mass is 194 g/mol. The molecule has 0 atom stereocenters. The summed E-state index contributed by atoms with van der Waals surface area (Å²) in [7, 11) is 0. The first-order chi connectivity index (χ1) is 6.66. The Bertz CT molecular complexity index is 443. The largest absolute Gasteiger partial charge is 0.282 e. The SMILES string of the molecule is Cc1[nH]ncc1-c1cc(F)cc(F)c1. The van der Waals surface area contributed by atoms with Crippen molar-refractivity contribution in [3.05, 3.63) is 41.7 Å². The molecule has 0 amide bonds. The molecule has 0 fully saturated rings. The fourth-order valence-corrected chi connectivity index (χ4v) is 1.35. The number of aryl methyl sites for hydroxylation is 1. The Morgan fingerprint density at radius 2 is 1.79 bits per heavy atom. The highest BCUT2D eigenvalue weighted by Crippen LogP contribution is 2.23. The van der Waals surface area contributed by atoms with E-state index in [4.69, 9.17) is 0 Å². The summed E-state index contributed by atoms with van der Waals surface area (Å²) in [5.74, 6) is -1.17. The highest BCUT2D eigenvalue weighted by molar-refractivity contribution is 5.64. The number of aromatic amines is 1. The van der Waals surface area contributed by atoms with E-state index in [1.807, 2.05) is 0 Å². The standard InChI is InChI=1S/C10H8F2N2/c1-6-10(5-13-14-6)7-2-8(11)4-9(12)3-7/h2-5H,1H3,(H,13,14). The number of nitrogens with one attached hydrogen (secondary N) is 1. The summed E-state index contributed by atoms with van der Waals surface area (Å²) < 4.78 is 25.8. The summed E-state index contributed by atoms with van der Waals surface area (Å²) in [5.41, 5.74) is 1.99. The third-order valence-electron chi connectivity index (χ3n) is 2.00. The van der Waals surface area contributed by atoms with Gasteiger partial charge in [0, 0.05) is 17.3 Å². The van der Waals surface area contributed by atoms with Crippen LogP contribution in [0.2, 0.25) is 0 Å². The van der Waals surface area contributed by atoms with Crippen LogP contribution in [0.4, 0.5) is 8.78 Å². The lowest BCUT2D eigenvalue weighted by Gasteiger charge is -1.99. The lowest BCUT2D eigenvalue weighted by atomic mass is 10.1. The van der Waals surface area contributed by atoms with Gasteiger partial charge in [0.2, 0.25) is 0 Å². The number of hydrogen-bond donors (Lipinski definition) is 1. The summed E-state index contributed by atoms with van der Waals surface area (Å²) in [4.78, 5) is 0. The maximum absolute atomic E-state index is 12.9. The fourth-order valence-electron chi connectivity index (χ4n) is 1.35. The summed E-state index contributed by atoms with van der Waals surface area (Å²) in [6.07, 6.45) is 1.55. The second kappa shape index (κ2) is 3.21. The van der Waals surface area contributed by atoms with E-state index < -0.39 is 11.6 Å². The Kier molecular flexibility index (Phi) is 2.04. The molecule has 0 aliphatic heterocycles. The number of H-pyrrole nitrogens is 1. The van der Waals surface area contributed by atoms with Gasteiger partial charge in [0.15, 0.2) is 0 Å². The van der Waals surface area contributed by atoms with Crippen molar-refractivity contribution in [3.63, 3.8) is 0 Å². The Hall–Kier alpha value is -1.71. The van der Waals surface area contributed by atoms with Gasteiger partial charge in [-0.05, 0) is 24.6 Å². The fraction of sp³-hybridized carbons (Fsp3) is 0.100. The molecule has 0 unspecified atom stereocenters. The highest BCUT2D eigenvalue weighted by Gasteiger charge is 2.06. The van der Waals surface area contributed by atoms with Gasteiger partial charge < -0.3 is 0 Å². The minimum Gasteiger partial charge on any atom is -0.282 e. The molecule has 2 rings (SSSR count). The molecule has 0 radical (unpaired) electrons. The molecule has 2 nitrogen and oxygen atoms in total. The van der Waals surface area contributed by atoms with E-state index in [9.17, 15) is 8.78 Å². The number of hydrogen-bond acceptors (Lipinski definition) is 1. The van der Waals surface area contributed by atoms with E-state index in [1.165, 1.54) is 12.1 Å². The molecule has 1 aromatic carbocycles. The molecule has 1 N–H and O–H groups in total. The topological polar surface area (TPSA) is 28.7 Å². The van der Waals surface area contributed by atoms with Gasteiger partial charge in [-0.2, -0.15) is 5.10 Å². The Balaban J connectivity index is 2.57. The van der Waals surface area contributed by atoms with Gasteiger partial charge in [-0.25, -0.2) is 8.78 Å². The predicted molar refractivity (Wildman–Crippen MR) is 48.7 cm³/mol. The van der Waals surface area contributed by atoms with E-state index in [1.54, 1.807) is 13.1 Å². The molecular weight excluding hydrogens is 186 g/mol. The molecule has 0 spiro atoms. The van der Waals surface area contributed by atoms with Gasteiger partial charge in [-0.1, -0.05) is 0 Å². The van der Waals surface area contributed by atoms with Crippen LogP contribution in [-0.2, 0) is 0 Å². The second-order valence-corrected chi connectivity index (χ2v) is 3.07.